The van der Waals surface area contributed by atoms with Gasteiger partial charge in [0.25, 0.3) is 11.6 Å². The number of anilines is 1. The first-order chi connectivity index (χ1) is 13.9. The lowest BCUT2D eigenvalue weighted by Crippen LogP contribution is -2.22. The Hall–Kier alpha value is -3.68. The van der Waals surface area contributed by atoms with Crippen molar-refractivity contribution in [2.24, 2.45) is 0 Å². The van der Waals surface area contributed by atoms with Crippen LogP contribution in [-0.2, 0) is 20.7 Å². The summed E-state index contributed by atoms with van der Waals surface area (Å²) in [6, 6.07) is 10.7. The highest BCUT2D eigenvalue weighted by atomic mass is 16.6. The van der Waals surface area contributed by atoms with E-state index in [0.717, 1.165) is 22.0 Å². The van der Waals surface area contributed by atoms with Gasteiger partial charge in [0.2, 0.25) is 0 Å². The number of aromatic nitrogens is 1. The molecule has 8 nitrogen and oxygen atoms in total. The maximum Gasteiger partial charge on any atom is 0.306 e. The minimum atomic E-state index is -0.623. The molecule has 29 heavy (non-hydrogen) atoms. The lowest BCUT2D eigenvalue weighted by Gasteiger charge is -2.11. The monoisotopic (exact) mass is 395 g/mol. The van der Waals surface area contributed by atoms with E-state index in [1.165, 1.54) is 6.07 Å². The summed E-state index contributed by atoms with van der Waals surface area (Å²) >= 11 is 0. The third-order valence-corrected chi connectivity index (χ3v) is 4.81. The van der Waals surface area contributed by atoms with E-state index < -0.39 is 23.4 Å². The smallest absolute Gasteiger partial charge is 0.306 e. The van der Waals surface area contributed by atoms with Crippen LogP contribution in [0.2, 0.25) is 0 Å². The summed E-state index contributed by atoms with van der Waals surface area (Å²) in [5.74, 6) is -1.14. The van der Waals surface area contributed by atoms with E-state index in [1.807, 2.05) is 30.5 Å². The van der Waals surface area contributed by atoms with Gasteiger partial charge >= 0.3 is 5.97 Å². The van der Waals surface area contributed by atoms with Crippen LogP contribution in [0.5, 0.6) is 0 Å². The Morgan fingerprint density at radius 3 is 2.69 bits per heavy atom. The molecule has 0 bridgehead atoms. The number of amides is 1. The summed E-state index contributed by atoms with van der Waals surface area (Å²) in [6.07, 6.45) is 2.45. The van der Waals surface area contributed by atoms with E-state index in [-0.39, 0.29) is 17.8 Å². The number of nitrogens with zero attached hydrogens (tertiary/aromatic N) is 1. The quantitative estimate of drug-likeness (QED) is 0.359. The Bertz CT molecular complexity index is 1090. The summed E-state index contributed by atoms with van der Waals surface area (Å²) in [5, 5.41) is 14.7. The number of fused-ring (bicyclic) bond motifs is 1. The van der Waals surface area contributed by atoms with Crippen LogP contribution < -0.4 is 5.32 Å². The Morgan fingerprint density at radius 1 is 1.17 bits per heavy atom. The average molecular weight is 395 g/mol. The Labute approximate surface area is 167 Å². The molecule has 0 unspecified atom stereocenters. The zero-order valence-corrected chi connectivity index (χ0v) is 16.2. The fourth-order valence-corrected chi connectivity index (χ4v) is 3.08. The molecule has 0 radical (unpaired) electrons. The molecule has 0 spiro atoms. The normalized spacial score (nSPS) is 10.7. The number of esters is 1. The van der Waals surface area contributed by atoms with E-state index in [0.29, 0.717) is 12.0 Å². The van der Waals surface area contributed by atoms with Gasteiger partial charge in [0.05, 0.1) is 4.92 Å². The summed E-state index contributed by atoms with van der Waals surface area (Å²) in [7, 11) is 0. The van der Waals surface area contributed by atoms with E-state index in [9.17, 15) is 19.7 Å². The number of carbonyl (C=O) groups excluding carboxylic acids is 2. The number of hydrogen-bond donors (Lipinski definition) is 2. The molecule has 1 heterocycles. The molecule has 3 aromatic rings. The van der Waals surface area contributed by atoms with Crippen molar-refractivity contribution in [1.82, 2.24) is 4.98 Å². The second kappa shape index (κ2) is 8.55. The van der Waals surface area contributed by atoms with Crippen LogP contribution >= 0.6 is 0 Å². The van der Waals surface area contributed by atoms with Gasteiger partial charge in [0, 0.05) is 29.6 Å². The Kier molecular flexibility index (Phi) is 5.92. The van der Waals surface area contributed by atoms with Crippen LogP contribution in [0.3, 0.4) is 0 Å². The first-order valence-electron chi connectivity index (χ1n) is 9.12. The predicted molar refractivity (Wildman–Crippen MR) is 109 cm³/mol. The zero-order valence-electron chi connectivity index (χ0n) is 16.2. The number of carbonyl (C=O) groups is 2. The van der Waals surface area contributed by atoms with Crippen LogP contribution in [0.15, 0.2) is 42.6 Å². The van der Waals surface area contributed by atoms with Gasteiger partial charge in [-0.25, -0.2) is 0 Å². The standard InChI is InChI=1S/C21H21N3O5/c1-13-7-9-18(24(27)28)21(14(13)2)23-19(25)12-29-20(26)10-8-15-11-22-17-6-4-3-5-16(15)17/h3-7,9,11,22H,8,10,12H2,1-2H3,(H,23,25). The largest absolute Gasteiger partial charge is 0.456 e. The van der Waals surface area contributed by atoms with Crippen molar-refractivity contribution in [2.45, 2.75) is 26.7 Å². The van der Waals surface area contributed by atoms with Crippen molar-refractivity contribution >= 4 is 34.2 Å². The van der Waals surface area contributed by atoms with Crippen molar-refractivity contribution in [3.8, 4) is 0 Å². The third kappa shape index (κ3) is 4.60. The molecular weight excluding hydrogens is 374 g/mol. The van der Waals surface area contributed by atoms with Gasteiger partial charge < -0.3 is 15.0 Å². The van der Waals surface area contributed by atoms with Gasteiger partial charge in [-0.3, -0.25) is 19.7 Å². The molecule has 1 amide bonds. The van der Waals surface area contributed by atoms with Crippen molar-refractivity contribution in [2.75, 3.05) is 11.9 Å². The predicted octanol–water partition coefficient (Wildman–Crippen LogP) is 3.81. The molecule has 0 fully saturated rings. The lowest BCUT2D eigenvalue weighted by molar-refractivity contribution is -0.384. The maximum absolute atomic E-state index is 12.1. The van der Waals surface area contributed by atoms with Gasteiger partial charge in [-0.1, -0.05) is 24.3 Å². The van der Waals surface area contributed by atoms with Gasteiger partial charge in [-0.2, -0.15) is 0 Å². The molecule has 3 rings (SSSR count). The number of nitrogens with one attached hydrogen (secondary N) is 2. The average Bonchev–Trinajstić information content (AvgIpc) is 3.11. The van der Waals surface area contributed by atoms with Gasteiger partial charge in [-0.05, 0) is 43.0 Å². The molecule has 2 N–H and O–H groups in total. The molecule has 0 saturated heterocycles. The van der Waals surface area contributed by atoms with E-state index in [2.05, 4.69) is 10.3 Å². The molecule has 2 aromatic carbocycles. The summed E-state index contributed by atoms with van der Waals surface area (Å²) in [6.45, 7) is 2.97. The van der Waals surface area contributed by atoms with Gasteiger partial charge in [-0.15, -0.1) is 0 Å². The minimum Gasteiger partial charge on any atom is -0.456 e. The SMILES string of the molecule is Cc1ccc([N+](=O)[O-])c(NC(=O)COC(=O)CCc2c[nH]c3ccccc23)c1C. The van der Waals surface area contributed by atoms with Crippen molar-refractivity contribution in [3.05, 3.63) is 69.4 Å². The topological polar surface area (TPSA) is 114 Å². The molecule has 8 heteroatoms. The van der Waals surface area contributed by atoms with Crippen LogP contribution in [0.25, 0.3) is 10.9 Å². The van der Waals surface area contributed by atoms with E-state index >= 15 is 0 Å². The van der Waals surface area contributed by atoms with Gasteiger partial charge in [0.1, 0.15) is 5.69 Å². The highest BCUT2D eigenvalue weighted by Crippen LogP contribution is 2.30. The van der Waals surface area contributed by atoms with Crippen LogP contribution in [-0.4, -0.2) is 28.4 Å². The molecule has 150 valence electrons. The third-order valence-electron chi connectivity index (χ3n) is 4.81. The van der Waals surface area contributed by atoms with E-state index in [4.69, 9.17) is 4.74 Å². The number of nitro groups is 1. The Morgan fingerprint density at radius 2 is 1.93 bits per heavy atom. The number of H-pyrrole nitrogens is 1. The number of aromatic amines is 1. The summed E-state index contributed by atoms with van der Waals surface area (Å²) in [4.78, 5) is 37.9. The first kappa shape index (κ1) is 20.1. The van der Waals surface area contributed by atoms with Crippen LogP contribution in [0.4, 0.5) is 11.4 Å². The summed E-state index contributed by atoms with van der Waals surface area (Å²) in [5.41, 5.74) is 3.31. The fourth-order valence-electron chi connectivity index (χ4n) is 3.08. The summed E-state index contributed by atoms with van der Waals surface area (Å²) < 4.78 is 5.03. The number of rotatable bonds is 7. The lowest BCUT2D eigenvalue weighted by atomic mass is 10.1. The second-order valence-corrected chi connectivity index (χ2v) is 6.73. The fraction of sp³-hybridized carbons (Fsp3) is 0.238. The molecule has 0 aliphatic carbocycles. The number of aryl methyl sites for hydroxylation is 2. The molecule has 0 aliphatic rings. The molecule has 0 saturated carbocycles. The van der Waals surface area contributed by atoms with Crippen LogP contribution in [0, 0.1) is 24.0 Å². The molecular formula is C21H21N3O5. The first-order valence-corrected chi connectivity index (χ1v) is 9.12. The van der Waals surface area contributed by atoms with E-state index in [1.54, 1.807) is 19.9 Å². The Balaban J connectivity index is 1.55. The molecule has 0 atom stereocenters. The number of ether oxygens (including phenoxy) is 1. The maximum atomic E-state index is 12.1. The highest BCUT2D eigenvalue weighted by molar-refractivity contribution is 5.96. The molecule has 0 aliphatic heterocycles. The number of nitro benzene ring substituents is 1. The zero-order chi connectivity index (χ0) is 21.0. The van der Waals surface area contributed by atoms with Crippen molar-refractivity contribution < 1.29 is 19.2 Å². The van der Waals surface area contributed by atoms with Crippen molar-refractivity contribution in [1.29, 1.82) is 0 Å². The highest BCUT2D eigenvalue weighted by Gasteiger charge is 2.20. The number of benzene rings is 2. The second-order valence-electron chi connectivity index (χ2n) is 6.73. The number of hydrogen-bond acceptors (Lipinski definition) is 5. The van der Waals surface area contributed by atoms with Gasteiger partial charge in [0.15, 0.2) is 6.61 Å². The van der Waals surface area contributed by atoms with Crippen LogP contribution in [0.1, 0.15) is 23.1 Å². The number of para-hydroxylation sites is 1. The van der Waals surface area contributed by atoms with Crippen molar-refractivity contribution in [3.63, 3.8) is 0 Å². The minimum absolute atomic E-state index is 0.120. The molecule has 1 aromatic heterocycles.